The van der Waals surface area contributed by atoms with Crippen LogP contribution in [-0.4, -0.2) is 13.1 Å². The number of nitrogens with one attached hydrogen (secondary N) is 1. The minimum absolute atomic E-state index is 0.639. The molecule has 1 fully saturated rings. The second-order valence-electron chi connectivity index (χ2n) is 6.62. The van der Waals surface area contributed by atoms with Crippen LogP contribution in [-0.2, 0) is 0 Å². The lowest BCUT2D eigenvalue weighted by Gasteiger charge is -2.32. The third kappa shape index (κ3) is 4.99. The molecular formula is C16H33N. The van der Waals surface area contributed by atoms with E-state index < -0.39 is 0 Å². The van der Waals surface area contributed by atoms with Crippen LogP contribution in [0, 0.1) is 17.3 Å². The number of hydrogen-bond donors (Lipinski definition) is 1. The molecule has 0 heterocycles. The summed E-state index contributed by atoms with van der Waals surface area (Å²) in [5.74, 6) is 1.73. The minimum Gasteiger partial charge on any atom is -0.316 e. The molecule has 1 aliphatic rings. The van der Waals surface area contributed by atoms with Crippen LogP contribution in [0.4, 0.5) is 0 Å². The highest BCUT2D eigenvalue weighted by Crippen LogP contribution is 2.42. The summed E-state index contributed by atoms with van der Waals surface area (Å²) in [5, 5.41) is 3.78. The molecule has 0 unspecified atom stereocenters. The average molecular weight is 239 g/mol. The van der Waals surface area contributed by atoms with Crippen LogP contribution in [0.3, 0.4) is 0 Å². The minimum atomic E-state index is 0.639. The van der Waals surface area contributed by atoms with Crippen molar-refractivity contribution >= 4 is 0 Å². The van der Waals surface area contributed by atoms with Gasteiger partial charge in [0.1, 0.15) is 0 Å². The molecule has 1 heteroatoms. The van der Waals surface area contributed by atoms with E-state index >= 15 is 0 Å². The maximum absolute atomic E-state index is 3.78. The van der Waals surface area contributed by atoms with E-state index in [1.165, 1.54) is 58.0 Å². The highest BCUT2D eigenvalue weighted by Gasteiger charge is 2.33. The Balaban J connectivity index is 2.34. The molecule has 0 aromatic heterocycles. The van der Waals surface area contributed by atoms with Crippen molar-refractivity contribution in [1.29, 1.82) is 0 Å². The van der Waals surface area contributed by atoms with E-state index in [0.29, 0.717) is 5.41 Å². The van der Waals surface area contributed by atoms with Crippen LogP contribution in [0.25, 0.3) is 0 Å². The molecule has 0 aromatic rings. The predicted octanol–water partition coefficient (Wildman–Crippen LogP) is 4.62. The fourth-order valence-electron chi connectivity index (χ4n) is 3.56. The Kier molecular flexibility index (Phi) is 6.54. The Bertz CT molecular complexity index is 188. The zero-order valence-corrected chi connectivity index (χ0v) is 12.5. The molecule has 102 valence electrons. The van der Waals surface area contributed by atoms with Crippen molar-refractivity contribution in [2.75, 3.05) is 13.1 Å². The van der Waals surface area contributed by atoms with Gasteiger partial charge in [0.2, 0.25) is 0 Å². The van der Waals surface area contributed by atoms with E-state index in [2.05, 4.69) is 33.0 Å². The zero-order chi connectivity index (χ0) is 12.7. The van der Waals surface area contributed by atoms with Gasteiger partial charge in [-0.2, -0.15) is 0 Å². The molecule has 0 spiro atoms. The van der Waals surface area contributed by atoms with Crippen molar-refractivity contribution in [3.63, 3.8) is 0 Å². The monoisotopic (exact) mass is 239 g/mol. The lowest BCUT2D eigenvalue weighted by atomic mass is 9.78. The Labute approximate surface area is 109 Å². The van der Waals surface area contributed by atoms with Gasteiger partial charge in [-0.3, -0.25) is 0 Å². The van der Waals surface area contributed by atoms with Gasteiger partial charge >= 0.3 is 0 Å². The van der Waals surface area contributed by atoms with Gasteiger partial charge in [-0.1, -0.05) is 53.4 Å². The molecule has 0 amide bonds. The van der Waals surface area contributed by atoms with Crippen LogP contribution in [0.5, 0.6) is 0 Å². The molecular weight excluding hydrogens is 206 g/mol. The molecule has 1 N–H and O–H groups in total. The Morgan fingerprint density at radius 3 is 2.12 bits per heavy atom. The fourth-order valence-corrected chi connectivity index (χ4v) is 3.56. The van der Waals surface area contributed by atoms with E-state index in [1.54, 1.807) is 0 Å². The van der Waals surface area contributed by atoms with Gasteiger partial charge in [0.05, 0.1) is 0 Å². The topological polar surface area (TPSA) is 12.0 Å². The smallest absolute Gasteiger partial charge is 0.000802 e. The second-order valence-corrected chi connectivity index (χ2v) is 6.62. The zero-order valence-electron chi connectivity index (χ0n) is 12.5. The van der Waals surface area contributed by atoms with E-state index in [0.717, 1.165) is 11.8 Å². The van der Waals surface area contributed by atoms with Gasteiger partial charge in [0, 0.05) is 6.54 Å². The second kappa shape index (κ2) is 7.41. The Hall–Kier alpha value is -0.0400. The Morgan fingerprint density at radius 2 is 1.65 bits per heavy atom. The van der Waals surface area contributed by atoms with Crippen molar-refractivity contribution in [3.05, 3.63) is 0 Å². The molecule has 1 saturated carbocycles. The molecule has 1 aliphatic carbocycles. The third-order valence-electron chi connectivity index (χ3n) is 4.59. The maximum Gasteiger partial charge on any atom is 0.000802 e. The van der Waals surface area contributed by atoms with Gasteiger partial charge in [0.15, 0.2) is 0 Å². The summed E-state index contributed by atoms with van der Waals surface area (Å²) >= 11 is 0. The molecule has 0 aliphatic heterocycles. The summed E-state index contributed by atoms with van der Waals surface area (Å²) < 4.78 is 0. The summed E-state index contributed by atoms with van der Waals surface area (Å²) in [6, 6.07) is 0. The normalized spacial score (nSPS) is 19.4. The Morgan fingerprint density at radius 1 is 1.06 bits per heavy atom. The standard InChI is InChI=1S/C16H33N/c1-5-15(6-2)12-17-13-16(11-14(3)4)9-7-8-10-16/h14-15,17H,5-13H2,1-4H3. The quantitative estimate of drug-likeness (QED) is 0.652. The molecule has 1 nitrogen and oxygen atoms in total. The van der Waals surface area contributed by atoms with Crippen LogP contribution >= 0.6 is 0 Å². The lowest BCUT2D eigenvalue weighted by Crippen LogP contribution is -2.35. The lowest BCUT2D eigenvalue weighted by molar-refractivity contribution is 0.219. The van der Waals surface area contributed by atoms with E-state index in [9.17, 15) is 0 Å². The van der Waals surface area contributed by atoms with E-state index in [4.69, 9.17) is 0 Å². The van der Waals surface area contributed by atoms with E-state index in [-0.39, 0.29) is 0 Å². The molecule has 0 radical (unpaired) electrons. The predicted molar refractivity (Wildman–Crippen MR) is 77.3 cm³/mol. The van der Waals surface area contributed by atoms with Crippen LogP contribution in [0.1, 0.15) is 72.6 Å². The number of rotatable bonds is 8. The molecule has 1 rings (SSSR count). The van der Waals surface area contributed by atoms with Gasteiger partial charge in [-0.05, 0) is 43.1 Å². The van der Waals surface area contributed by atoms with Crippen molar-refractivity contribution in [3.8, 4) is 0 Å². The molecule has 0 saturated heterocycles. The highest BCUT2D eigenvalue weighted by atomic mass is 14.9. The molecule has 0 bridgehead atoms. The first kappa shape index (κ1) is 15.0. The summed E-state index contributed by atoms with van der Waals surface area (Å²) in [6.07, 6.45) is 9.89. The van der Waals surface area contributed by atoms with Crippen molar-refractivity contribution in [2.45, 2.75) is 72.6 Å². The van der Waals surface area contributed by atoms with Gasteiger partial charge in [-0.15, -0.1) is 0 Å². The molecule has 17 heavy (non-hydrogen) atoms. The van der Waals surface area contributed by atoms with Crippen molar-refractivity contribution in [2.24, 2.45) is 17.3 Å². The summed E-state index contributed by atoms with van der Waals surface area (Å²) in [5.41, 5.74) is 0.639. The van der Waals surface area contributed by atoms with Crippen LogP contribution in [0.15, 0.2) is 0 Å². The fraction of sp³-hybridized carbons (Fsp3) is 1.00. The summed E-state index contributed by atoms with van der Waals surface area (Å²) in [7, 11) is 0. The van der Waals surface area contributed by atoms with Gasteiger partial charge in [0.25, 0.3) is 0 Å². The van der Waals surface area contributed by atoms with Crippen LogP contribution < -0.4 is 5.32 Å². The highest BCUT2D eigenvalue weighted by molar-refractivity contribution is 4.87. The first-order chi connectivity index (χ1) is 8.12. The summed E-state index contributed by atoms with van der Waals surface area (Å²) in [6.45, 7) is 11.9. The largest absolute Gasteiger partial charge is 0.316 e. The first-order valence-electron chi connectivity index (χ1n) is 7.82. The summed E-state index contributed by atoms with van der Waals surface area (Å²) in [4.78, 5) is 0. The van der Waals surface area contributed by atoms with Crippen molar-refractivity contribution < 1.29 is 0 Å². The first-order valence-corrected chi connectivity index (χ1v) is 7.82. The maximum atomic E-state index is 3.78. The van der Waals surface area contributed by atoms with Crippen molar-refractivity contribution in [1.82, 2.24) is 5.32 Å². The molecule has 0 aromatic carbocycles. The molecule has 0 atom stereocenters. The SMILES string of the molecule is CCC(CC)CNCC1(CC(C)C)CCCC1. The van der Waals surface area contributed by atoms with Crippen LogP contribution in [0.2, 0.25) is 0 Å². The number of hydrogen-bond acceptors (Lipinski definition) is 1. The van der Waals surface area contributed by atoms with Gasteiger partial charge < -0.3 is 5.32 Å². The third-order valence-corrected chi connectivity index (χ3v) is 4.59. The average Bonchev–Trinajstić information content (AvgIpc) is 2.72. The van der Waals surface area contributed by atoms with E-state index in [1.807, 2.05) is 0 Å². The van der Waals surface area contributed by atoms with Gasteiger partial charge in [-0.25, -0.2) is 0 Å².